The zero-order valence-electron chi connectivity index (χ0n) is 6.65. The summed E-state index contributed by atoms with van der Waals surface area (Å²) in [7, 11) is 0. The van der Waals surface area contributed by atoms with Crippen LogP contribution in [0, 0.1) is 7.40 Å². The summed E-state index contributed by atoms with van der Waals surface area (Å²) in [5.41, 5.74) is 0. The number of hydrogen-bond donors (Lipinski definition) is 0. The van der Waals surface area contributed by atoms with E-state index in [1.165, 1.54) is 6.20 Å². The minimum atomic E-state index is 0.388. The van der Waals surface area contributed by atoms with Gasteiger partial charge < -0.3 is 0 Å². The van der Waals surface area contributed by atoms with Crippen LogP contribution in [-0.4, -0.2) is 19.5 Å². The Morgan fingerprint density at radius 3 is 2.43 bits per heavy atom. The Kier molecular flexibility index (Phi) is 3.22. The van der Waals surface area contributed by atoms with E-state index in [0.717, 1.165) is 7.40 Å². The maximum absolute atomic E-state index is 5.64. The minimum Gasteiger partial charge on any atom is -0.276 e. The van der Waals surface area contributed by atoms with E-state index >= 15 is 0 Å². The van der Waals surface area contributed by atoms with Gasteiger partial charge in [0, 0.05) is 0 Å². The van der Waals surface area contributed by atoms with Crippen molar-refractivity contribution in [1.82, 2.24) is 19.5 Å². The van der Waals surface area contributed by atoms with Gasteiger partial charge in [0.25, 0.3) is 0 Å². The lowest BCUT2D eigenvalue weighted by molar-refractivity contribution is 0.950. The second kappa shape index (κ2) is 4.27. The molecule has 0 atom stereocenters. The SMILES string of the molecule is Clc1cnc(-n2cnc(I)c2I)cn1. The number of hydrogen-bond acceptors (Lipinski definition) is 3. The fraction of sp³-hybridized carbons (Fsp3) is 0. The van der Waals surface area contributed by atoms with E-state index in [9.17, 15) is 0 Å². The first kappa shape index (κ1) is 10.6. The van der Waals surface area contributed by atoms with Crippen molar-refractivity contribution in [2.75, 3.05) is 0 Å². The molecule has 0 amide bonds. The average Bonchev–Trinajstić information content (AvgIpc) is 2.50. The molecular weight excluding hydrogens is 429 g/mol. The lowest BCUT2D eigenvalue weighted by atomic mass is 10.6. The Hall–Kier alpha value is 0.0400. The van der Waals surface area contributed by atoms with Gasteiger partial charge in [-0.2, -0.15) is 0 Å². The summed E-state index contributed by atoms with van der Waals surface area (Å²) in [6, 6.07) is 0. The Morgan fingerprint density at radius 1 is 1.14 bits per heavy atom. The molecule has 0 aliphatic carbocycles. The fourth-order valence-corrected chi connectivity index (χ4v) is 1.89. The summed E-state index contributed by atoms with van der Waals surface area (Å²) >= 11 is 10.0. The molecule has 0 saturated heterocycles. The van der Waals surface area contributed by atoms with Crippen LogP contribution in [0.25, 0.3) is 5.82 Å². The number of imidazole rings is 1. The molecule has 0 N–H and O–H groups in total. The van der Waals surface area contributed by atoms with Gasteiger partial charge in [0.1, 0.15) is 18.9 Å². The third kappa shape index (κ3) is 2.01. The van der Waals surface area contributed by atoms with Crippen molar-refractivity contribution in [1.29, 1.82) is 0 Å². The van der Waals surface area contributed by atoms with E-state index in [4.69, 9.17) is 11.6 Å². The number of nitrogens with zero attached hydrogens (tertiary/aromatic N) is 4. The normalized spacial score (nSPS) is 10.5. The molecule has 0 saturated carbocycles. The second-order valence-electron chi connectivity index (χ2n) is 2.39. The third-order valence-corrected chi connectivity index (χ3v) is 4.57. The van der Waals surface area contributed by atoms with Crippen LogP contribution in [0.15, 0.2) is 18.7 Å². The summed E-state index contributed by atoms with van der Waals surface area (Å²) in [6.45, 7) is 0. The van der Waals surface area contributed by atoms with Gasteiger partial charge in [-0.1, -0.05) is 11.6 Å². The van der Waals surface area contributed by atoms with Crippen molar-refractivity contribution in [2.24, 2.45) is 0 Å². The Balaban J connectivity index is 2.49. The fourth-order valence-electron chi connectivity index (χ4n) is 0.901. The van der Waals surface area contributed by atoms with Crippen LogP contribution in [0.2, 0.25) is 5.15 Å². The molecule has 7 heteroatoms. The van der Waals surface area contributed by atoms with Gasteiger partial charge in [-0.25, -0.2) is 15.0 Å². The highest BCUT2D eigenvalue weighted by Gasteiger charge is 2.07. The van der Waals surface area contributed by atoms with Crippen LogP contribution in [0.1, 0.15) is 0 Å². The molecule has 0 aromatic carbocycles. The van der Waals surface area contributed by atoms with Crippen LogP contribution in [-0.2, 0) is 0 Å². The second-order valence-corrected chi connectivity index (χ2v) is 4.82. The molecule has 0 aliphatic rings. The largest absolute Gasteiger partial charge is 0.276 e. The van der Waals surface area contributed by atoms with E-state index in [2.05, 4.69) is 60.1 Å². The molecule has 2 rings (SSSR count). The zero-order valence-corrected chi connectivity index (χ0v) is 11.7. The first-order chi connectivity index (χ1) is 6.68. The topological polar surface area (TPSA) is 43.6 Å². The van der Waals surface area contributed by atoms with E-state index in [1.54, 1.807) is 12.5 Å². The molecule has 2 aromatic heterocycles. The van der Waals surface area contributed by atoms with Crippen molar-refractivity contribution < 1.29 is 0 Å². The molecule has 0 aliphatic heterocycles. The maximum Gasteiger partial charge on any atom is 0.157 e. The van der Waals surface area contributed by atoms with Crippen LogP contribution < -0.4 is 0 Å². The van der Waals surface area contributed by atoms with Crippen LogP contribution >= 0.6 is 56.8 Å². The monoisotopic (exact) mass is 432 g/mol. The summed E-state index contributed by atoms with van der Waals surface area (Å²) < 4.78 is 3.81. The molecule has 2 aromatic rings. The molecule has 4 nitrogen and oxygen atoms in total. The van der Waals surface area contributed by atoms with Crippen molar-refractivity contribution in [3.8, 4) is 5.82 Å². The van der Waals surface area contributed by atoms with Gasteiger partial charge in [0.2, 0.25) is 0 Å². The lowest BCUT2D eigenvalue weighted by Gasteiger charge is -2.01. The Labute approximate surface area is 112 Å². The van der Waals surface area contributed by atoms with Gasteiger partial charge >= 0.3 is 0 Å². The smallest absolute Gasteiger partial charge is 0.157 e. The van der Waals surface area contributed by atoms with Gasteiger partial charge in [-0.3, -0.25) is 4.57 Å². The number of aromatic nitrogens is 4. The summed E-state index contributed by atoms with van der Waals surface area (Å²) in [5, 5.41) is 0.388. The highest BCUT2D eigenvalue weighted by Crippen LogP contribution is 2.16. The molecule has 0 bridgehead atoms. The summed E-state index contributed by atoms with van der Waals surface area (Å²) in [4.78, 5) is 12.3. The predicted molar refractivity (Wildman–Crippen MR) is 69.6 cm³/mol. The molecule has 0 radical (unpaired) electrons. The van der Waals surface area contributed by atoms with Crippen LogP contribution in [0.4, 0.5) is 0 Å². The molecule has 14 heavy (non-hydrogen) atoms. The zero-order chi connectivity index (χ0) is 10.1. The molecule has 72 valence electrons. The molecular formula is C7H3ClI2N4. The van der Waals surface area contributed by atoms with Crippen molar-refractivity contribution in [3.05, 3.63) is 31.3 Å². The van der Waals surface area contributed by atoms with E-state index in [1.807, 2.05) is 4.57 Å². The standard InChI is InChI=1S/C7H3ClI2N4/c8-4-1-12-5(2-11-4)14-3-13-6(9)7(14)10/h1-3H. The summed E-state index contributed by atoms with van der Waals surface area (Å²) in [6.07, 6.45) is 4.84. The molecule has 2 heterocycles. The van der Waals surface area contributed by atoms with Gasteiger partial charge in [0.15, 0.2) is 5.82 Å². The van der Waals surface area contributed by atoms with E-state index in [-0.39, 0.29) is 0 Å². The first-order valence-electron chi connectivity index (χ1n) is 3.55. The highest BCUT2D eigenvalue weighted by molar-refractivity contribution is 14.1. The molecule has 0 fully saturated rings. The van der Waals surface area contributed by atoms with Gasteiger partial charge in [0.05, 0.1) is 12.4 Å². The van der Waals surface area contributed by atoms with Gasteiger partial charge in [-0.05, 0) is 45.2 Å². The average molecular weight is 432 g/mol. The summed E-state index contributed by atoms with van der Waals surface area (Å²) in [5.74, 6) is 0.717. The van der Waals surface area contributed by atoms with Crippen molar-refractivity contribution in [2.45, 2.75) is 0 Å². The maximum atomic E-state index is 5.64. The molecule has 0 unspecified atom stereocenters. The van der Waals surface area contributed by atoms with Crippen LogP contribution in [0.3, 0.4) is 0 Å². The highest BCUT2D eigenvalue weighted by atomic mass is 127. The van der Waals surface area contributed by atoms with E-state index < -0.39 is 0 Å². The Morgan fingerprint density at radius 2 is 1.93 bits per heavy atom. The van der Waals surface area contributed by atoms with Crippen molar-refractivity contribution >= 4 is 56.8 Å². The predicted octanol–water partition coefficient (Wildman–Crippen LogP) is 2.52. The third-order valence-electron chi connectivity index (χ3n) is 1.52. The lowest BCUT2D eigenvalue weighted by Crippen LogP contribution is -1.98. The number of rotatable bonds is 1. The number of halogens is 3. The molecule has 0 spiro atoms. The first-order valence-corrected chi connectivity index (χ1v) is 6.08. The van der Waals surface area contributed by atoms with E-state index in [0.29, 0.717) is 11.0 Å². The van der Waals surface area contributed by atoms with Crippen molar-refractivity contribution in [3.63, 3.8) is 0 Å². The Bertz CT molecular complexity index is 453. The van der Waals surface area contributed by atoms with Gasteiger partial charge in [-0.15, -0.1) is 0 Å². The quantitative estimate of drug-likeness (QED) is 0.651. The minimum absolute atomic E-state index is 0.388. The van der Waals surface area contributed by atoms with Crippen LogP contribution in [0.5, 0.6) is 0 Å².